The summed E-state index contributed by atoms with van der Waals surface area (Å²) in [5.74, 6) is -0.948. The molecule has 3 fully saturated rings. The number of hydrogen-bond acceptors (Lipinski definition) is 8. The molecule has 0 aromatic heterocycles. The zero-order valence-corrected chi connectivity index (χ0v) is 32.5. The second-order valence-corrected chi connectivity index (χ2v) is 15.8. The number of nitrogens with zero attached hydrogens (tertiary/aromatic N) is 5. The number of carbonyl (C=O) groups excluding carboxylic acids is 3. The number of hydrogen-bond donors (Lipinski definition) is 4. The Morgan fingerprint density at radius 3 is 2.31 bits per heavy atom. The number of likely N-dealkylation sites (tertiary alicyclic amines) is 2. The molecule has 6 rings (SSSR count). The number of nitrogens with one attached hydrogen (secondary N) is 2. The van der Waals surface area contributed by atoms with Gasteiger partial charge in [0.25, 0.3) is 5.91 Å². The fourth-order valence-corrected chi connectivity index (χ4v) is 9.61. The van der Waals surface area contributed by atoms with Crippen LogP contribution < -0.4 is 10.8 Å². The highest BCUT2D eigenvalue weighted by molar-refractivity contribution is 9.11. The van der Waals surface area contributed by atoms with Gasteiger partial charge in [-0.05, 0) is 99.7 Å². The molecule has 16 heteroatoms. The summed E-state index contributed by atoms with van der Waals surface area (Å²) in [7, 11) is 1.42. The minimum Gasteiger partial charge on any atom is -0.506 e. The van der Waals surface area contributed by atoms with Crippen LogP contribution in [0.25, 0.3) is 0 Å². The van der Waals surface area contributed by atoms with Gasteiger partial charge in [-0.1, -0.05) is 18.2 Å². The Labute approximate surface area is 320 Å². The van der Waals surface area contributed by atoms with Gasteiger partial charge in [-0.15, -0.1) is 0 Å². The molecule has 2 aromatic rings. The average molecular weight is 850 g/mol. The van der Waals surface area contributed by atoms with Crippen molar-refractivity contribution in [3.63, 3.8) is 0 Å². The number of rotatable bonds is 9. The van der Waals surface area contributed by atoms with Crippen LogP contribution in [0, 0.1) is 5.92 Å². The first-order chi connectivity index (χ1) is 25.0. The number of halogens is 2. The van der Waals surface area contributed by atoms with Crippen molar-refractivity contribution < 1.29 is 34.2 Å². The maximum atomic E-state index is 14.7. The number of anilines is 1. The van der Waals surface area contributed by atoms with Crippen molar-refractivity contribution in [3.8, 4) is 5.75 Å². The van der Waals surface area contributed by atoms with Gasteiger partial charge in [0.1, 0.15) is 5.75 Å². The first-order valence-corrected chi connectivity index (χ1v) is 19.5. The monoisotopic (exact) mass is 847 g/mol. The number of phenolic OH excluding ortho intramolecular Hbond substituents is 1. The van der Waals surface area contributed by atoms with E-state index in [2.05, 4.69) is 52.5 Å². The highest BCUT2D eigenvalue weighted by Crippen LogP contribution is 2.37. The fraction of sp³-hybridized carbons (Fsp3) is 0.556. The molecule has 282 valence electrons. The number of hydroxylamine groups is 1. The zero-order valence-electron chi connectivity index (χ0n) is 29.3. The molecular weight excluding hydrogens is 802 g/mol. The number of amides is 5. The number of carbonyl (C=O) groups is 4. The molecular formula is C36H47Br2N7O7. The van der Waals surface area contributed by atoms with E-state index >= 15 is 0 Å². The van der Waals surface area contributed by atoms with Gasteiger partial charge < -0.3 is 30.2 Å². The van der Waals surface area contributed by atoms with Gasteiger partial charge in [0.05, 0.1) is 28.5 Å². The Hall–Kier alpha value is -3.44. The maximum Gasteiger partial charge on any atom is 0.407 e. The fourth-order valence-electron chi connectivity index (χ4n) is 8.33. The first-order valence-electron chi connectivity index (χ1n) is 17.9. The van der Waals surface area contributed by atoms with Gasteiger partial charge in [-0.25, -0.2) is 15.1 Å². The number of phenols is 1. The molecule has 4 aliphatic rings. The molecule has 5 amide bonds. The number of benzene rings is 2. The molecule has 0 saturated carbocycles. The third-order valence-corrected chi connectivity index (χ3v) is 12.3. The zero-order chi connectivity index (χ0) is 36.9. The van der Waals surface area contributed by atoms with Crippen LogP contribution in [0.3, 0.4) is 0 Å². The van der Waals surface area contributed by atoms with Crippen LogP contribution in [0.15, 0.2) is 45.3 Å². The van der Waals surface area contributed by atoms with E-state index in [0.717, 1.165) is 42.7 Å². The smallest absolute Gasteiger partial charge is 0.407 e. The molecule has 0 aliphatic carbocycles. The van der Waals surface area contributed by atoms with Crippen LogP contribution in [0.2, 0.25) is 0 Å². The standard InChI is InChI=1S/C36H47Br2N7O7/c1-52-40-32(46)22-41-10-7-25(8-11-41)42-14-16-43(17-15-42)34(48)27(18-23-19-28(37)33(47)29(38)20-23)31-21-26(9-13-45(31)36(50)51)44-12-6-24-4-2-3-5-30(24)39-35(44)49/h2-5,19-20,25-27,31,47H,6-18,21-22H2,1H3,(H,39,49)(H,40,46)(H,50,51)/t26?,27?,31-/m1/s1. The van der Waals surface area contributed by atoms with E-state index in [1.54, 1.807) is 12.1 Å². The highest BCUT2D eigenvalue weighted by atomic mass is 79.9. The first kappa shape index (κ1) is 38.3. The largest absolute Gasteiger partial charge is 0.506 e. The Balaban J connectivity index is 1.18. The van der Waals surface area contributed by atoms with E-state index in [-0.39, 0.29) is 42.6 Å². The SMILES string of the molecule is CONC(=O)CN1CCC(N2CCN(C(=O)C(Cc3cc(Br)c(O)c(Br)c3)[C@H]3CC(N4CCc5ccccc5NC4=O)CCN3C(=O)O)CC2)CC1. The topological polar surface area (TPSA) is 158 Å². The third-order valence-electron chi connectivity index (χ3n) is 11.0. The van der Waals surface area contributed by atoms with Crippen LogP contribution in [0.1, 0.15) is 36.8 Å². The van der Waals surface area contributed by atoms with Crippen molar-refractivity contribution in [1.82, 2.24) is 30.0 Å². The molecule has 14 nitrogen and oxygen atoms in total. The summed E-state index contributed by atoms with van der Waals surface area (Å²) in [6, 6.07) is 10.5. The lowest BCUT2D eigenvalue weighted by atomic mass is 9.82. The molecule has 52 heavy (non-hydrogen) atoms. The lowest BCUT2D eigenvalue weighted by molar-refractivity contribution is -0.140. The van der Waals surface area contributed by atoms with Gasteiger partial charge in [0.15, 0.2) is 0 Å². The average Bonchev–Trinajstić information content (AvgIpc) is 3.30. The Morgan fingerprint density at radius 1 is 0.962 bits per heavy atom. The van der Waals surface area contributed by atoms with Crippen LogP contribution in [-0.2, 0) is 27.3 Å². The number of piperidine rings is 2. The van der Waals surface area contributed by atoms with Crippen molar-refractivity contribution in [3.05, 3.63) is 56.5 Å². The summed E-state index contributed by atoms with van der Waals surface area (Å²) < 4.78 is 0.943. The molecule has 3 saturated heterocycles. The van der Waals surface area contributed by atoms with Crippen LogP contribution in [0.4, 0.5) is 15.3 Å². The Kier molecular flexibility index (Phi) is 12.6. The van der Waals surface area contributed by atoms with Gasteiger partial charge >= 0.3 is 12.1 Å². The second-order valence-electron chi connectivity index (χ2n) is 14.1. The Bertz CT molecular complexity index is 1610. The van der Waals surface area contributed by atoms with Crippen molar-refractivity contribution in [2.24, 2.45) is 5.92 Å². The number of urea groups is 1. The van der Waals surface area contributed by atoms with Gasteiger partial charge in [-0.2, -0.15) is 0 Å². The van der Waals surface area contributed by atoms with E-state index in [4.69, 9.17) is 4.84 Å². The van der Waals surface area contributed by atoms with Crippen molar-refractivity contribution >= 4 is 61.5 Å². The predicted octanol–water partition coefficient (Wildman–Crippen LogP) is 3.96. The summed E-state index contributed by atoms with van der Waals surface area (Å²) in [6.45, 7) is 5.03. The Morgan fingerprint density at radius 2 is 1.63 bits per heavy atom. The van der Waals surface area contributed by atoms with Crippen LogP contribution in [-0.4, -0.2) is 143 Å². The highest BCUT2D eigenvalue weighted by Gasteiger charge is 2.44. The summed E-state index contributed by atoms with van der Waals surface area (Å²) >= 11 is 6.84. The van der Waals surface area contributed by atoms with Gasteiger partial charge in [0, 0.05) is 76.2 Å². The molecule has 2 aromatic carbocycles. The number of para-hydroxylation sites is 1. The minimum absolute atomic E-state index is 0.0462. The summed E-state index contributed by atoms with van der Waals surface area (Å²) in [5.41, 5.74) is 4.98. The molecule has 3 atom stereocenters. The van der Waals surface area contributed by atoms with E-state index < -0.39 is 18.1 Å². The third kappa shape index (κ3) is 8.84. The normalized spacial score (nSPS) is 22.7. The van der Waals surface area contributed by atoms with Crippen molar-refractivity contribution in [1.29, 1.82) is 0 Å². The number of aromatic hydroxyl groups is 1. The summed E-state index contributed by atoms with van der Waals surface area (Å²) in [4.78, 5) is 67.3. The van der Waals surface area contributed by atoms with E-state index in [1.165, 1.54) is 12.0 Å². The lowest BCUT2D eigenvalue weighted by Gasteiger charge is -2.47. The number of piperazine rings is 1. The minimum atomic E-state index is -1.09. The predicted molar refractivity (Wildman–Crippen MR) is 201 cm³/mol. The second kappa shape index (κ2) is 17.1. The lowest BCUT2D eigenvalue weighted by Crippen LogP contribution is -2.60. The molecule has 0 spiro atoms. The molecule has 4 aliphatic heterocycles. The quantitative estimate of drug-likeness (QED) is 0.275. The van der Waals surface area contributed by atoms with Crippen LogP contribution in [0.5, 0.6) is 5.75 Å². The molecule has 4 N–H and O–H groups in total. The maximum absolute atomic E-state index is 14.7. The van der Waals surface area contributed by atoms with Gasteiger partial charge in [0.2, 0.25) is 5.91 Å². The molecule has 0 bridgehead atoms. The summed E-state index contributed by atoms with van der Waals surface area (Å²) in [5, 5.41) is 23.9. The van der Waals surface area contributed by atoms with Crippen molar-refractivity contribution in [2.75, 3.05) is 71.3 Å². The number of carboxylic acid groups (broad SMARTS) is 1. The van der Waals surface area contributed by atoms with E-state index in [9.17, 15) is 29.4 Å². The summed E-state index contributed by atoms with van der Waals surface area (Å²) in [6.07, 6.45) is 2.49. The molecule has 4 heterocycles. The van der Waals surface area contributed by atoms with E-state index in [1.807, 2.05) is 34.1 Å². The van der Waals surface area contributed by atoms with Crippen molar-refractivity contribution in [2.45, 2.75) is 56.7 Å². The van der Waals surface area contributed by atoms with E-state index in [0.29, 0.717) is 73.5 Å². The van der Waals surface area contributed by atoms with Crippen LogP contribution >= 0.6 is 31.9 Å². The molecule has 2 unspecified atom stereocenters. The number of fused-ring (bicyclic) bond motifs is 1. The molecule has 0 radical (unpaired) electrons. The van der Waals surface area contributed by atoms with Gasteiger partial charge in [-0.3, -0.25) is 24.2 Å².